The number of aliphatic imine (C=N–C) groups is 1. The van der Waals surface area contributed by atoms with Crippen LogP contribution in [0.5, 0.6) is 0 Å². The van der Waals surface area contributed by atoms with Gasteiger partial charge in [0.1, 0.15) is 0 Å². The van der Waals surface area contributed by atoms with Gasteiger partial charge in [0, 0.05) is 56.5 Å². The van der Waals surface area contributed by atoms with Crippen molar-refractivity contribution in [1.82, 2.24) is 20.5 Å². The van der Waals surface area contributed by atoms with Crippen LogP contribution in [0.2, 0.25) is 0 Å². The van der Waals surface area contributed by atoms with Gasteiger partial charge in [0.2, 0.25) is 0 Å². The Kier molecular flexibility index (Phi) is 10.3. The van der Waals surface area contributed by atoms with E-state index in [-0.39, 0.29) is 29.4 Å². The molecule has 1 aliphatic heterocycles. The van der Waals surface area contributed by atoms with Gasteiger partial charge in [-0.2, -0.15) is 0 Å². The second-order valence-electron chi connectivity index (χ2n) is 9.07. The minimum Gasteiger partial charge on any atom is -0.356 e. The van der Waals surface area contributed by atoms with E-state index in [2.05, 4.69) is 46.7 Å². The van der Waals surface area contributed by atoms with Gasteiger partial charge < -0.3 is 10.6 Å². The van der Waals surface area contributed by atoms with Crippen LogP contribution < -0.4 is 10.6 Å². The first-order valence-electron chi connectivity index (χ1n) is 10.8. The van der Waals surface area contributed by atoms with Crippen LogP contribution in [-0.2, 0) is 18.4 Å². The van der Waals surface area contributed by atoms with Crippen LogP contribution in [0.4, 0.5) is 8.78 Å². The summed E-state index contributed by atoms with van der Waals surface area (Å²) >= 11 is 1.71. The molecule has 2 heterocycles. The number of halogens is 3. The lowest BCUT2D eigenvalue weighted by Crippen LogP contribution is -2.48. The molecule has 0 spiro atoms. The molecule has 0 bridgehead atoms. The number of thiazole rings is 1. The Morgan fingerprint density at radius 1 is 1.22 bits per heavy atom. The number of piperidine rings is 1. The van der Waals surface area contributed by atoms with Crippen molar-refractivity contribution < 1.29 is 8.78 Å². The predicted octanol–water partition coefficient (Wildman–Crippen LogP) is 4.71. The number of guanidine groups is 1. The molecular weight excluding hydrogens is 543 g/mol. The average molecular weight is 578 g/mol. The van der Waals surface area contributed by atoms with Crippen molar-refractivity contribution in [2.45, 2.75) is 58.0 Å². The first-order valence-corrected chi connectivity index (χ1v) is 11.7. The van der Waals surface area contributed by atoms with Crippen molar-refractivity contribution in [2.24, 2.45) is 4.99 Å². The highest BCUT2D eigenvalue weighted by Crippen LogP contribution is 2.24. The van der Waals surface area contributed by atoms with Gasteiger partial charge in [0.15, 0.2) is 17.6 Å². The topological polar surface area (TPSA) is 52.6 Å². The molecule has 32 heavy (non-hydrogen) atoms. The van der Waals surface area contributed by atoms with Crippen LogP contribution in [0, 0.1) is 11.6 Å². The maximum Gasteiger partial charge on any atom is 0.191 e. The lowest BCUT2D eigenvalue weighted by Gasteiger charge is -2.33. The second-order valence-corrected chi connectivity index (χ2v) is 10.0. The highest BCUT2D eigenvalue weighted by atomic mass is 127. The zero-order valence-electron chi connectivity index (χ0n) is 19.3. The molecule has 3 rings (SSSR count). The molecule has 1 saturated heterocycles. The minimum absolute atomic E-state index is 0. The molecule has 0 aliphatic carbocycles. The first-order chi connectivity index (χ1) is 14.7. The highest BCUT2D eigenvalue weighted by Gasteiger charge is 2.21. The minimum atomic E-state index is -0.796. The van der Waals surface area contributed by atoms with E-state index in [1.165, 1.54) is 12.1 Å². The van der Waals surface area contributed by atoms with Crippen molar-refractivity contribution in [1.29, 1.82) is 0 Å². The van der Waals surface area contributed by atoms with Crippen LogP contribution in [-0.4, -0.2) is 48.6 Å². The zero-order valence-corrected chi connectivity index (χ0v) is 22.4. The van der Waals surface area contributed by atoms with E-state index in [9.17, 15) is 8.78 Å². The number of nitrogens with zero attached hydrogens (tertiary/aromatic N) is 3. The molecule has 1 aromatic heterocycles. The van der Waals surface area contributed by atoms with E-state index in [0.717, 1.165) is 61.1 Å². The van der Waals surface area contributed by atoms with Gasteiger partial charge in [0.25, 0.3) is 0 Å². The average Bonchev–Trinajstić information content (AvgIpc) is 3.21. The molecule has 1 aromatic carbocycles. The van der Waals surface area contributed by atoms with Gasteiger partial charge in [-0.3, -0.25) is 9.89 Å². The van der Waals surface area contributed by atoms with Gasteiger partial charge in [-0.25, -0.2) is 13.8 Å². The molecule has 2 aromatic rings. The molecule has 0 radical (unpaired) electrons. The lowest BCUT2D eigenvalue weighted by atomic mass is 9.93. The van der Waals surface area contributed by atoms with E-state index in [1.54, 1.807) is 24.5 Å². The van der Waals surface area contributed by atoms with Crippen LogP contribution in [0.1, 0.15) is 49.9 Å². The number of rotatable bonds is 6. The Bertz CT molecular complexity index is 889. The summed E-state index contributed by atoms with van der Waals surface area (Å²) < 4.78 is 26.5. The molecular formula is C23H34F2IN5S. The van der Waals surface area contributed by atoms with Gasteiger partial charge in [-0.05, 0) is 30.5 Å². The maximum absolute atomic E-state index is 13.4. The standard InChI is InChI=1S/C23H33F2N5S.HI/c1-23(2,3)20-15-31-21(29-20)7-10-27-22(26-4)28-17-8-11-30(12-9-17)14-16-5-6-18(24)19(25)13-16;/h5-6,13,15,17H,7-12,14H2,1-4H3,(H2,26,27,28);1H. The molecule has 1 aliphatic rings. The Hall–Kier alpha value is -1.33. The summed E-state index contributed by atoms with van der Waals surface area (Å²) in [6.07, 6.45) is 2.83. The maximum atomic E-state index is 13.4. The Morgan fingerprint density at radius 3 is 2.53 bits per heavy atom. The van der Waals surface area contributed by atoms with E-state index >= 15 is 0 Å². The number of nitrogens with one attached hydrogen (secondary N) is 2. The van der Waals surface area contributed by atoms with Crippen LogP contribution in [0.3, 0.4) is 0 Å². The smallest absolute Gasteiger partial charge is 0.191 e. The van der Waals surface area contributed by atoms with Crippen LogP contribution in [0.15, 0.2) is 28.6 Å². The SMILES string of the molecule is CN=C(NCCc1nc(C(C)(C)C)cs1)NC1CCN(Cc2ccc(F)c(F)c2)CC1.I. The van der Waals surface area contributed by atoms with E-state index in [0.29, 0.717) is 12.6 Å². The lowest BCUT2D eigenvalue weighted by molar-refractivity contribution is 0.198. The third-order valence-electron chi connectivity index (χ3n) is 5.49. The molecule has 1 fully saturated rings. The van der Waals surface area contributed by atoms with Crippen molar-refractivity contribution in [3.05, 3.63) is 51.5 Å². The summed E-state index contributed by atoms with van der Waals surface area (Å²) in [6, 6.07) is 4.49. The second kappa shape index (κ2) is 12.2. The van der Waals surface area contributed by atoms with Crippen molar-refractivity contribution in [2.75, 3.05) is 26.7 Å². The molecule has 0 saturated carbocycles. The van der Waals surface area contributed by atoms with Crippen molar-refractivity contribution in [3.63, 3.8) is 0 Å². The third kappa shape index (κ3) is 7.91. The molecule has 0 amide bonds. The Morgan fingerprint density at radius 2 is 1.94 bits per heavy atom. The van der Waals surface area contributed by atoms with Crippen LogP contribution in [0.25, 0.3) is 0 Å². The highest BCUT2D eigenvalue weighted by molar-refractivity contribution is 14.0. The van der Waals surface area contributed by atoms with Gasteiger partial charge in [-0.1, -0.05) is 26.8 Å². The number of aromatic nitrogens is 1. The summed E-state index contributed by atoms with van der Waals surface area (Å²) in [4.78, 5) is 11.4. The van der Waals surface area contributed by atoms with Crippen molar-refractivity contribution >= 4 is 41.3 Å². The fourth-order valence-corrected chi connectivity index (χ4v) is 4.60. The largest absolute Gasteiger partial charge is 0.356 e. The summed E-state index contributed by atoms with van der Waals surface area (Å²) in [5.74, 6) is -0.766. The molecule has 5 nitrogen and oxygen atoms in total. The predicted molar refractivity (Wildman–Crippen MR) is 139 cm³/mol. The monoisotopic (exact) mass is 577 g/mol. The molecule has 178 valence electrons. The molecule has 0 unspecified atom stereocenters. The fourth-order valence-electron chi connectivity index (χ4n) is 3.58. The summed E-state index contributed by atoms with van der Waals surface area (Å²) in [6.45, 7) is 9.77. The van der Waals surface area contributed by atoms with E-state index < -0.39 is 11.6 Å². The van der Waals surface area contributed by atoms with Crippen LogP contribution >= 0.6 is 35.3 Å². The summed E-state index contributed by atoms with van der Waals surface area (Å²) in [5, 5.41) is 10.2. The number of likely N-dealkylation sites (tertiary alicyclic amines) is 1. The number of benzene rings is 1. The van der Waals surface area contributed by atoms with E-state index in [1.807, 2.05) is 0 Å². The van der Waals surface area contributed by atoms with Gasteiger partial charge in [-0.15, -0.1) is 35.3 Å². The molecule has 9 heteroatoms. The van der Waals surface area contributed by atoms with Gasteiger partial charge in [0.05, 0.1) is 10.7 Å². The normalized spacial score (nSPS) is 16.0. The Balaban J connectivity index is 0.00000363. The Labute approximate surface area is 211 Å². The van der Waals surface area contributed by atoms with Gasteiger partial charge >= 0.3 is 0 Å². The number of hydrogen-bond acceptors (Lipinski definition) is 4. The molecule has 0 atom stereocenters. The summed E-state index contributed by atoms with van der Waals surface area (Å²) in [7, 11) is 1.79. The van der Waals surface area contributed by atoms with E-state index in [4.69, 9.17) is 4.98 Å². The summed E-state index contributed by atoms with van der Waals surface area (Å²) in [5.41, 5.74) is 2.03. The zero-order chi connectivity index (χ0) is 22.4. The van der Waals surface area contributed by atoms with Crippen molar-refractivity contribution in [3.8, 4) is 0 Å². The fraction of sp³-hybridized carbons (Fsp3) is 0.565. The number of hydrogen-bond donors (Lipinski definition) is 2. The quantitative estimate of drug-likeness (QED) is 0.297. The third-order valence-corrected chi connectivity index (χ3v) is 6.40. The molecule has 2 N–H and O–H groups in total. The first kappa shape index (κ1) is 26.9.